The van der Waals surface area contributed by atoms with Gasteiger partial charge in [0.25, 0.3) is 0 Å². The number of alkyl halides is 3. The molecule has 0 spiro atoms. The van der Waals surface area contributed by atoms with Gasteiger partial charge >= 0.3 is 33.9 Å². The average Bonchev–Trinajstić information content (AvgIpc) is 2.90. The molecule has 0 aliphatic heterocycles. The van der Waals surface area contributed by atoms with Crippen molar-refractivity contribution >= 4 is 46.9 Å². The van der Waals surface area contributed by atoms with Gasteiger partial charge in [0.2, 0.25) is 0 Å². The number of sulfonamides is 1. The Morgan fingerprint density at radius 2 is 1.51 bits per heavy atom. The predicted octanol–water partition coefficient (Wildman–Crippen LogP) is 7.88. The van der Waals surface area contributed by atoms with E-state index in [9.17, 15) is 21.6 Å². The topological polar surface area (TPSA) is 74.0 Å². The standard InChI is InChI=1S/C21H14F3N2O2S.C5H5N.ClH.Pd/c1-13-10-16(21(22,23)24)12-17(11-13)29(27,28)26-18-6-2-4-14-7-8-15-5-3-9-25-20(15)19(14)18;1-2-4-6-5-3-1;;/h2-12H,1H3;1-5H;1H;/q-1;;;+2/p-1. The average molecular weight is 636 g/mol. The number of hydrogen-bond acceptors (Lipinski definition) is 4. The summed E-state index contributed by atoms with van der Waals surface area (Å²) in [5.74, 6) is 0. The molecule has 2 heterocycles. The minimum atomic E-state index is -4.66. The number of rotatable bonds is 3. The molecule has 11 heteroatoms. The SMILES string of the molecule is Cc1cc(C(F)(F)F)cc(S(=O)(=O)[N-]c2cccc3ccc4cccnc4c23)c1.[Cl][Pd+].c1ccncc1. The molecule has 0 amide bonds. The van der Waals surface area contributed by atoms with Gasteiger partial charge in [0.05, 0.1) is 16.0 Å². The summed E-state index contributed by atoms with van der Waals surface area (Å²) in [7, 11) is 0.107. The van der Waals surface area contributed by atoms with Crippen LogP contribution in [0.15, 0.2) is 102 Å². The summed E-state index contributed by atoms with van der Waals surface area (Å²) in [5.41, 5.74) is -0.156. The number of fused-ring (bicyclic) bond motifs is 3. The Morgan fingerprint density at radius 1 is 0.838 bits per heavy atom. The van der Waals surface area contributed by atoms with Crippen LogP contribution in [0, 0.1) is 6.92 Å². The minimum Gasteiger partial charge on any atom is -0.265 e. The predicted molar refractivity (Wildman–Crippen MR) is 136 cm³/mol. The molecule has 0 radical (unpaired) electrons. The quantitative estimate of drug-likeness (QED) is 0.149. The van der Waals surface area contributed by atoms with Gasteiger partial charge in [-0.05, 0) is 59.7 Å². The van der Waals surface area contributed by atoms with Crippen LogP contribution in [0.2, 0.25) is 0 Å². The zero-order valence-electron chi connectivity index (χ0n) is 19.1. The first-order chi connectivity index (χ1) is 17.6. The Balaban J connectivity index is 0.000000412. The van der Waals surface area contributed by atoms with Gasteiger partial charge in [-0.25, -0.2) is 8.42 Å². The van der Waals surface area contributed by atoms with E-state index in [0.717, 1.165) is 16.8 Å². The maximum Gasteiger partial charge on any atom is 0.0267 e. The molecule has 0 saturated heterocycles. The molecule has 0 saturated carbocycles. The summed E-state index contributed by atoms with van der Waals surface area (Å²) in [6.45, 7) is 1.41. The third-order valence-electron chi connectivity index (χ3n) is 5.05. The van der Waals surface area contributed by atoms with Crippen LogP contribution >= 0.6 is 9.53 Å². The van der Waals surface area contributed by atoms with Crippen molar-refractivity contribution in [2.75, 3.05) is 0 Å². The molecule has 5 rings (SSSR count). The van der Waals surface area contributed by atoms with E-state index in [1.54, 1.807) is 36.8 Å². The minimum absolute atomic E-state index is 0.127. The van der Waals surface area contributed by atoms with Crippen molar-refractivity contribution in [1.29, 1.82) is 0 Å². The number of aryl methyl sites for hydroxylation is 1. The normalized spacial score (nSPS) is 11.2. The molecule has 0 bridgehead atoms. The van der Waals surface area contributed by atoms with E-state index in [1.165, 1.54) is 19.1 Å². The van der Waals surface area contributed by atoms with E-state index in [4.69, 9.17) is 0 Å². The maximum absolute atomic E-state index is 13.1. The van der Waals surface area contributed by atoms with Crippen molar-refractivity contribution in [2.24, 2.45) is 0 Å². The van der Waals surface area contributed by atoms with Gasteiger partial charge in [0, 0.05) is 24.0 Å². The van der Waals surface area contributed by atoms with E-state index >= 15 is 0 Å². The summed E-state index contributed by atoms with van der Waals surface area (Å²) in [4.78, 5) is 7.61. The molecule has 0 aliphatic rings. The molecule has 2 aromatic heterocycles. The Morgan fingerprint density at radius 3 is 2.14 bits per heavy atom. The van der Waals surface area contributed by atoms with Crippen LogP contribution < -0.4 is 0 Å². The van der Waals surface area contributed by atoms with Crippen LogP contribution in [-0.4, -0.2) is 18.4 Å². The Hall–Kier alpha value is -3.03. The zero-order valence-corrected chi connectivity index (χ0v) is 22.3. The van der Waals surface area contributed by atoms with E-state index < -0.39 is 26.7 Å². The Bertz CT molecular complexity index is 1580. The number of nitrogens with zero attached hydrogens (tertiary/aromatic N) is 3. The van der Waals surface area contributed by atoms with Crippen LogP contribution in [0.4, 0.5) is 18.9 Å². The maximum atomic E-state index is 13.1. The first-order valence-electron chi connectivity index (χ1n) is 10.6. The number of hydrogen-bond donors (Lipinski definition) is 0. The van der Waals surface area contributed by atoms with Crippen molar-refractivity contribution < 1.29 is 39.8 Å². The fourth-order valence-electron chi connectivity index (χ4n) is 3.53. The summed E-state index contributed by atoms with van der Waals surface area (Å²) in [6.07, 6.45) is 0.430. The van der Waals surface area contributed by atoms with Crippen LogP contribution in [0.5, 0.6) is 0 Å². The third kappa shape index (κ3) is 7.27. The van der Waals surface area contributed by atoms with Crippen molar-refractivity contribution in [3.8, 4) is 0 Å². The van der Waals surface area contributed by atoms with Crippen LogP contribution in [0.25, 0.3) is 26.4 Å². The van der Waals surface area contributed by atoms with E-state index in [2.05, 4.69) is 42.4 Å². The van der Waals surface area contributed by atoms with E-state index in [0.29, 0.717) is 17.0 Å². The Labute approximate surface area is 227 Å². The first kappa shape index (κ1) is 28.5. The molecular formula is C26H19ClF3N3O2PdS. The smallest absolute Gasteiger partial charge is 0.0267 e. The molecule has 0 N–H and O–H groups in total. The zero-order chi connectivity index (χ0) is 27.1. The molecular weight excluding hydrogens is 617 g/mol. The molecule has 194 valence electrons. The summed E-state index contributed by atoms with van der Waals surface area (Å²) in [6, 6.07) is 20.6. The number of benzene rings is 3. The molecule has 0 aliphatic carbocycles. The molecule has 3 aromatic carbocycles. The molecule has 37 heavy (non-hydrogen) atoms. The molecule has 5 nitrogen and oxygen atoms in total. The van der Waals surface area contributed by atoms with Gasteiger partial charge in [-0.15, -0.1) is 5.69 Å². The molecule has 0 atom stereocenters. The molecule has 0 unspecified atom stereocenters. The van der Waals surface area contributed by atoms with Crippen LogP contribution in [0.1, 0.15) is 11.1 Å². The largest absolute Gasteiger partial charge is 0.265 e. The van der Waals surface area contributed by atoms with Gasteiger partial charge in [-0.3, -0.25) is 9.97 Å². The second kappa shape index (κ2) is 12.5. The van der Waals surface area contributed by atoms with Crippen molar-refractivity contribution in [2.45, 2.75) is 18.0 Å². The van der Waals surface area contributed by atoms with Crippen molar-refractivity contribution in [3.05, 3.63) is 113 Å². The third-order valence-corrected chi connectivity index (χ3v) is 6.32. The van der Waals surface area contributed by atoms with Crippen LogP contribution in [0.3, 0.4) is 0 Å². The fourth-order valence-corrected chi connectivity index (χ4v) is 4.65. The van der Waals surface area contributed by atoms with Gasteiger partial charge in [0.1, 0.15) is 10.0 Å². The fraction of sp³-hybridized carbons (Fsp3) is 0.0769. The van der Waals surface area contributed by atoms with Gasteiger partial charge in [-0.1, -0.05) is 42.5 Å². The van der Waals surface area contributed by atoms with Crippen LogP contribution in [-0.2, 0) is 34.4 Å². The second-order valence-electron chi connectivity index (χ2n) is 7.64. The molecule has 0 fully saturated rings. The first-order valence-corrected chi connectivity index (χ1v) is 14.0. The van der Waals surface area contributed by atoms with Gasteiger partial charge in [0.15, 0.2) is 0 Å². The number of pyridine rings is 2. The summed E-state index contributed by atoms with van der Waals surface area (Å²) in [5, 5.41) is 2.06. The molecule has 5 aromatic rings. The van der Waals surface area contributed by atoms with Gasteiger partial charge in [-0.2, -0.15) is 13.2 Å². The van der Waals surface area contributed by atoms with E-state index in [-0.39, 0.29) is 11.3 Å². The second-order valence-corrected chi connectivity index (χ2v) is 9.24. The number of aromatic nitrogens is 2. The van der Waals surface area contributed by atoms with Gasteiger partial charge < -0.3 is 4.72 Å². The van der Waals surface area contributed by atoms with Crippen molar-refractivity contribution in [1.82, 2.24) is 9.97 Å². The summed E-state index contributed by atoms with van der Waals surface area (Å²) < 4.78 is 68.9. The van der Waals surface area contributed by atoms with Crippen molar-refractivity contribution in [3.63, 3.8) is 0 Å². The Kier molecular flexibility index (Phi) is 9.63. The summed E-state index contributed by atoms with van der Waals surface area (Å²) >= 11 is 2.22. The number of halogens is 4. The monoisotopic (exact) mass is 635 g/mol. The van der Waals surface area contributed by atoms with E-state index in [1.807, 2.05) is 36.4 Å².